The van der Waals surface area contributed by atoms with Gasteiger partial charge in [0.05, 0.1) is 4.90 Å². The minimum absolute atomic E-state index is 0.134. The number of hydrogen-bond acceptors (Lipinski definition) is 3. The number of fused-ring (bicyclic) bond motifs is 1. The Morgan fingerprint density at radius 2 is 1.78 bits per heavy atom. The van der Waals surface area contributed by atoms with Gasteiger partial charge in [-0.3, -0.25) is 5.11 Å². The van der Waals surface area contributed by atoms with Crippen molar-refractivity contribution in [1.29, 1.82) is 0 Å². The van der Waals surface area contributed by atoms with E-state index in [1.807, 2.05) is 0 Å². The number of primary sulfonamides is 1. The third-order valence-electron chi connectivity index (χ3n) is 2.47. The van der Waals surface area contributed by atoms with Crippen molar-refractivity contribution in [3.05, 3.63) is 35.9 Å². The number of carboxylic acids is 1. The van der Waals surface area contributed by atoms with E-state index < -0.39 is 27.3 Å². The average Bonchev–Trinajstić information content (AvgIpc) is 2.25. The fourth-order valence-corrected chi connectivity index (χ4v) is 2.15. The minimum atomic E-state index is -3.86. The van der Waals surface area contributed by atoms with Gasteiger partial charge >= 0.3 is 5.97 Å². The van der Waals surface area contributed by atoms with Gasteiger partial charge in [0.25, 0.3) is 0 Å². The lowest BCUT2D eigenvalue weighted by Crippen LogP contribution is -2.11. The lowest BCUT2D eigenvalue weighted by Gasteiger charge is -2.03. The molecule has 0 saturated heterocycles. The van der Waals surface area contributed by atoms with E-state index >= 15 is 0 Å². The van der Waals surface area contributed by atoms with E-state index in [1.165, 1.54) is 18.2 Å². The van der Waals surface area contributed by atoms with Crippen LogP contribution in [0.25, 0.3) is 10.8 Å². The molecule has 2 aromatic rings. The van der Waals surface area contributed by atoms with Crippen LogP contribution in [0.2, 0.25) is 0 Å². The number of hydrogen-bond donors (Lipinski definition) is 2. The first-order valence-electron chi connectivity index (χ1n) is 4.80. The highest BCUT2D eigenvalue weighted by Gasteiger charge is 2.14. The lowest BCUT2D eigenvalue weighted by atomic mass is 10.1. The molecule has 6 nitrogen and oxygen atoms in total. The fraction of sp³-hybridized carbons (Fsp3) is 0. The molecular weight excluding hydrogens is 258 g/mol. The molecule has 0 aliphatic heterocycles. The molecule has 0 aromatic heterocycles. The summed E-state index contributed by atoms with van der Waals surface area (Å²) in [4.78, 5) is 10.7. The highest BCUT2D eigenvalue weighted by Crippen LogP contribution is 2.27. The largest absolute Gasteiger partial charge is 0.478 e. The summed E-state index contributed by atoms with van der Waals surface area (Å²) in [6.07, 6.45) is 0. The van der Waals surface area contributed by atoms with Crippen molar-refractivity contribution in [2.45, 2.75) is 4.90 Å². The van der Waals surface area contributed by atoms with E-state index in [4.69, 9.17) is 10.2 Å². The Morgan fingerprint density at radius 1 is 1.11 bits per heavy atom. The monoisotopic (exact) mass is 266 g/mol. The zero-order valence-corrected chi connectivity index (χ0v) is 9.77. The molecule has 2 aromatic carbocycles. The first kappa shape index (κ1) is 12.3. The van der Waals surface area contributed by atoms with Crippen LogP contribution in [-0.2, 0) is 15.1 Å². The number of sulfonamides is 1. The third kappa shape index (κ3) is 2.13. The van der Waals surface area contributed by atoms with E-state index in [1.54, 1.807) is 0 Å². The number of rotatable bonds is 2. The minimum Gasteiger partial charge on any atom is -0.478 e. The van der Waals surface area contributed by atoms with Gasteiger partial charge in [-0.25, -0.2) is 18.4 Å². The molecule has 0 aliphatic carbocycles. The number of carbonyl (C=O) groups is 1. The molecule has 2 rings (SSSR count). The predicted octanol–water partition coefficient (Wildman–Crippen LogP) is 1.33. The zero-order valence-electron chi connectivity index (χ0n) is 8.95. The Morgan fingerprint density at radius 3 is 2.33 bits per heavy atom. The molecule has 0 atom stereocenters. The lowest BCUT2D eigenvalue weighted by molar-refractivity contribution is 0.0692. The van der Waals surface area contributed by atoms with Crippen molar-refractivity contribution in [2.75, 3.05) is 0 Å². The average molecular weight is 266 g/mol. The maximum Gasteiger partial charge on any atom is 0.339 e. The maximum absolute atomic E-state index is 11.4. The summed E-state index contributed by atoms with van der Waals surface area (Å²) in [5.74, 6) is -1.98. The van der Waals surface area contributed by atoms with Crippen molar-refractivity contribution in [3.63, 3.8) is 0 Å². The second-order valence-corrected chi connectivity index (χ2v) is 5.27. The summed E-state index contributed by atoms with van der Waals surface area (Å²) >= 11 is 0. The van der Waals surface area contributed by atoms with E-state index in [0.717, 1.165) is 12.1 Å². The third-order valence-corrected chi connectivity index (χ3v) is 3.38. The molecule has 0 spiro atoms. The van der Waals surface area contributed by atoms with Gasteiger partial charge in [-0.05, 0) is 35.0 Å². The molecule has 0 unspecified atom stereocenters. The molecule has 0 fully saturated rings. The number of carboxylic acid groups (broad SMARTS) is 1. The van der Waals surface area contributed by atoms with Gasteiger partial charge < -0.3 is 5.11 Å². The van der Waals surface area contributed by atoms with Gasteiger partial charge in [0, 0.05) is 0 Å². The Bertz CT molecular complexity index is 751. The maximum atomic E-state index is 11.4. The van der Waals surface area contributed by atoms with Crippen molar-refractivity contribution in [2.24, 2.45) is 5.14 Å². The summed E-state index contributed by atoms with van der Waals surface area (Å²) in [7, 11) is -3.86. The van der Waals surface area contributed by atoms with Crippen LogP contribution in [-0.4, -0.2) is 19.5 Å². The predicted molar refractivity (Wildman–Crippen MR) is 62.4 cm³/mol. The van der Waals surface area contributed by atoms with Gasteiger partial charge in [-0.2, -0.15) is 0 Å². The second-order valence-electron chi connectivity index (χ2n) is 3.71. The van der Waals surface area contributed by atoms with Crippen LogP contribution in [0, 0.1) is 0 Å². The Labute approximate surface area is 102 Å². The number of benzene rings is 2. The molecule has 1 radical (unpaired) electrons. The molecule has 3 N–H and O–H groups in total. The molecule has 0 aliphatic rings. The SMILES string of the molecule is NS(=O)(=O)c1ccc2cc([O])c(C(=O)O)cc2c1. The van der Waals surface area contributed by atoms with Gasteiger partial charge in [0.2, 0.25) is 10.0 Å². The standard InChI is InChI=1S/C11H8NO5S/c12-18(16,17)8-2-1-6-5-10(13)9(11(14)15)4-7(6)3-8/h1-5H,(H,14,15)(H2,12,16,17). The highest BCUT2D eigenvalue weighted by atomic mass is 32.2. The van der Waals surface area contributed by atoms with Gasteiger partial charge in [0.15, 0.2) is 5.75 Å². The van der Waals surface area contributed by atoms with Crippen LogP contribution < -0.4 is 5.14 Å². The van der Waals surface area contributed by atoms with Crippen LogP contribution in [0.15, 0.2) is 35.2 Å². The van der Waals surface area contributed by atoms with Crippen LogP contribution in [0.1, 0.15) is 10.4 Å². The highest BCUT2D eigenvalue weighted by molar-refractivity contribution is 7.89. The first-order chi connectivity index (χ1) is 8.29. The first-order valence-corrected chi connectivity index (χ1v) is 6.34. The summed E-state index contributed by atoms with van der Waals surface area (Å²) in [5, 5.41) is 26.0. The van der Waals surface area contributed by atoms with Crippen molar-refractivity contribution >= 4 is 26.8 Å². The van der Waals surface area contributed by atoms with Crippen LogP contribution >= 0.6 is 0 Å². The molecule has 0 heterocycles. The smallest absolute Gasteiger partial charge is 0.339 e. The van der Waals surface area contributed by atoms with Crippen LogP contribution in [0.5, 0.6) is 5.75 Å². The van der Waals surface area contributed by atoms with Crippen LogP contribution in [0.4, 0.5) is 0 Å². The summed E-state index contributed by atoms with van der Waals surface area (Å²) < 4.78 is 22.3. The normalized spacial score (nSPS) is 11.6. The summed E-state index contributed by atoms with van der Waals surface area (Å²) in [6.45, 7) is 0. The molecule has 0 amide bonds. The van der Waals surface area contributed by atoms with Crippen molar-refractivity contribution in [1.82, 2.24) is 0 Å². The topological polar surface area (TPSA) is 117 Å². The zero-order chi connectivity index (χ0) is 13.5. The van der Waals surface area contributed by atoms with Gasteiger partial charge in [-0.1, -0.05) is 6.07 Å². The van der Waals surface area contributed by atoms with E-state index in [2.05, 4.69) is 0 Å². The van der Waals surface area contributed by atoms with E-state index in [-0.39, 0.29) is 4.90 Å². The Hall–Kier alpha value is -2.12. The van der Waals surface area contributed by atoms with Crippen molar-refractivity contribution < 1.29 is 23.4 Å². The second kappa shape index (κ2) is 3.97. The number of nitrogens with two attached hydrogens (primary N) is 1. The quantitative estimate of drug-likeness (QED) is 0.852. The van der Waals surface area contributed by atoms with Gasteiger partial charge in [0.1, 0.15) is 5.56 Å². The molecular formula is C11H8NO5S. The molecule has 7 heteroatoms. The Balaban J connectivity index is 2.77. The number of aromatic carboxylic acids is 1. The summed E-state index contributed by atoms with van der Waals surface area (Å²) in [6, 6.07) is 6.18. The fourth-order valence-electron chi connectivity index (χ4n) is 1.60. The molecule has 0 bridgehead atoms. The van der Waals surface area contributed by atoms with Crippen LogP contribution in [0.3, 0.4) is 0 Å². The van der Waals surface area contributed by atoms with Crippen molar-refractivity contribution in [3.8, 4) is 5.75 Å². The summed E-state index contributed by atoms with van der Waals surface area (Å²) in [5.41, 5.74) is -0.408. The molecule has 18 heavy (non-hydrogen) atoms. The molecule has 93 valence electrons. The molecule has 0 saturated carbocycles. The van der Waals surface area contributed by atoms with E-state index in [0.29, 0.717) is 10.8 Å². The Kier molecular flexibility index (Phi) is 2.72. The van der Waals surface area contributed by atoms with E-state index in [9.17, 15) is 18.3 Å². The van der Waals surface area contributed by atoms with Gasteiger partial charge in [-0.15, -0.1) is 0 Å².